The SMILES string of the molecule is COC(=O)NC1CCN(c2nccc(C)c2Br)C1. The van der Waals surface area contributed by atoms with E-state index in [9.17, 15) is 4.79 Å². The van der Waals surface area contributed by atoms with Gasteiger partial charge >= 0.3 is 6.09 Å². The molecule has 0 aliphatic carbocycles. The van der Waals surface area contributed by atoms with Crippen LogP contribution in [0.1, 0.15) is 12.0 Å². The van der Waals surface area contributed by atoms with Crippen molar-refractivity contribution in [1.29, 1.82) is 0 Å². The van der Waals surface area contributed by atoms with Crippen LogP contribution in [0.2, 0.25) is 0 Å². The van der Waals surface area contributed by atoms with Crippen LogP contribution < -0.4 is 10.2 Å². The molecule has 1 saturated heterocycles. The first-order chi connectivity index (χ1) is 8.61. The van der Waals surface area contributed by atoms with Crippen molar-refractivity contribution in [3.63, 3.8) is 0 Å². The largest absolute Gasteiger partial charge is 0.453 e. The number of hydrogen-bond acceptors (Lipinski definition) is 4. The van der Waals surface area contributed by atoms with E-state index in [4.69, 9.17) is 0 Å². The van der Waals surface area contributed by atoms with E-state index in [0.29, 0.717) is 0 Å². The molecular weight excluding hydrogens is 298 g/mol. The fraction of sp³-hybridized carbons (Fsp3) is 0.500. The molecule has 1 aliphatic heterocycles. The number of hydrogen-bond donors (Lipinski definition) is 1. The minimum Gasteiger partial charge on any atom is -0.453 e. The van der Waals surface area contributed by atoms with Gasteiger partial charge in [0.05, 0.1) is 17.6 Å². The topological polar surface area (TPSA) is 54.5 Å². The number of methoxy groups -OCH3 is 1. The lowest BCUT2D eigenvalue weighted by atomic mass is 10.3. The number of carbonyl (C=O) groups excluding carboxylic acids is 1. The Hall–Kier alpha value is -1.30. The van der Waals surface area contributed by atoms with E-state index >= 15 is 0 Å². The van der Waals surface area contributed by atoms with E-state index in [1.165, 1.54) is 7.11 Å². The van der Waals surface area contributed by atoms with E-state index in [0.717, 1.165) is 35.4 Å². The highest BCUT2D eigenvalue weighted by atomic mass is 79.9. The van der Waals surface area contributed by atoms with Gasteiger partial charge in [-0.05, 0) is 40.9 Å². The Morgan fingerprint density at radius 1 is 1.67 bits per heavy atom. The fourth-order valence-electron chi connectivity index (χ4n) is 2.04. The number of nitrogens with zero attached hydrogens (tertiary/aromatic N) is 2. The minimum atomic E-state index is -0.377. The Labute approximate surface area is 115 Å². The van der Waals surface area contributed by atoms with Crippen molar-refractivity contribution < 1.29 is 9.53 Å². The number of alkyl carbamates (subject to hydrolysis) is 1. The van der Waals surface area contributed by atoms with Gasteiger partial charge in [-0.1, -0.05) is 0 Å². The second-order valence-corrected chi connectivity index (χ2v) is 5.13. The first kappa shape index (κ1) is 13.1. The molecule has 0 spiro atoms. The molecule has 98 valence electrons. The fourth-order valence-corrected chi connectivity index (χ4v) is 2.53. The number of ether oxygens (including phenoxy) is 1. The third-order valence-corrected chi connectivity index (χ3v) is 4.04. The molecule has 0 aromatic carbocycles. The number of rotatable bonds is 2. The van der Waals surface area contributed by atoms with Crippen LogP contribution in [0, 0.1) is 6.92 Å². The molecule has 6 heteroatoms. The van der Waals surface area contributed by atoms with E-state index in [1.807, 2.05) is 13.0 Å². The summed E-state index contributed by atoms with van der Waals surface area (Å²) in [6.45, 7) is 3.67. The van der Waals surface area contributed by atoms with Crippen molar-refractivity contribution in [2.45, 2.75) is 19.4 Å². The molecule has 18 heavy (non-hydrogen) atoms. The standard InChI is InChI=1S/C12H16BrN3O2/c1-8-3-5-14-11(10(8)13)16-6-4-9(7-16)15-12(17)18-2/h3,5,9H,4,6-7H2,1-2H3,(H,15,17). The molecule has 1 aromatic heterocycles. The number of nitrogens with one attached hydrogen (secondary N) is 1. The van der Waals surface area contributed by atoms with E-state index in [-0.39, 0.29) is 12.1 Å². The zero-order chi connectivity index (χ0) is 13.1. The van der Waals surface area contributed by atoms with Gasteiger partial charge in [-0.3, -0.25) is 0 Å². The smallest absolute Gasteiger partial charge is 0.407 e. The maximum Gasteiger partial charge on any atom is 0.407 e. The van der Waals surface area contributed by atoms with Gasteiger partial charge < -0.3 is 15.0 Å². The molecule has 1 amide bonds. The second kappa shape index (κ2) is 5.56. The van der Waals surface area contributed by atoms with Crippen molar-refractivity contribution >= 4 is 27.8 Å². The molecule has 5 nitrogen and oxygen atoms in total. The van der Waals surface area contributed by atoms with Gasteiger partial charge in [-0.15, -0.1) is 0 Å². The molecule has 1 aromatic rings. The van der Waals surface area contributed by atoms with Crippen LogP contribution in [0.5, 0.6) is 0 Å². The number of amides is 1. The number of aromatic nitrogens is 1. The molecule has 1 N–H and O–H groups in total. The van der Waals surface area contributed by atoms with Crippen LogP contribution in [-0.2, 0) is 4.74 Å². The average molecular weight is 314 g/mol. The van der Waals surface area contributed by atoms with Gasteiger partial charge in [0.25, 0.3) is 0 Å². The van der Waals surface area contributed by atoms with Gasteiger partial charge in [-0.2, -0.15) is 0 Å². The molecular formula is C12H16BrN3O2. The molecule has 1 unspecified atom stereocenters. The monoisotopic (exact) mass is 313 g/mol. The van der Waals surface area contributed by atoms with Crippen LogP contribution in [0.15, 0.2) is 16.7 Å². The summed E-state index contributed by atoms with van der Waals surface area (Å²) >= 11 is 3.56. The third kappa shape index (κ3) is 2.75. The molecule has 2 heterocycles. The number of halogens is 1. The second-order valence-electron chi connectivity index (χ2n) is 4.33. The Kier molecular flexibility index (Phi) is 4.06. The summed E-state index contributed by atoms with van der Waals surface area (Å²) in [6.07, 6.45) is 2.33. The predicted octanol–water partition coefficient (Wildman–Crippen LogP) is 2.09. The normalized spacial score (nSPS) is 18.8. The number of aryl methyl sites for hydroxylation is 1. The van der Waals surface area contributed by atoms with E-state index in [2.05, 4.69) is 35.9 Å². The van der Waals surface area contributed by atoms with Crippen molar-refractivity contribution in [2.75, 3.05) is 25.1 Å². The van der Waals surface area contributed by atoms with Gasteiger partial charge in [0.2, 0.25) is 0 Å². The highest BCUT2D eigenvalue weighted by molar-refractivity contribution is 9.10. The summed E-state index contributed by atoms with van der Waals surface area (Å²) in [7, 11) is 1.38. The highest BCUT2D eigenvalue weighted by Gasteiger charge is 2.26. The zero-order valence-corrected chi connectivity index (χ0v) is 12.0. The predicted molar refractivity (Wildman–Crippen MR) is 72.8 cm³/mol. The summed E-state index contributed by atoms with van der Waals surface area (Å²) in [5.41, 5.74) is 1.16. The summed E-state index contributed by atoms with van der Waals surface area (Å²) < 4.78 is 5.62. The molecule has 0 saturated carbocycles. The van der Waals surface area contributed by atoms with Gasteiger partial charge in [-0.25, -0.2) is 9.78 Å². The van der Waals surface area contributed by atoms with Crippen LogP contribution in [0.4, 0.5) is 10.6 Å². The van der Waals surface area contributed by atoms with Crippen LogP contribution >= 0.6 is 15.9 Å². The number of pyridine rings is 1. The highest BCUT2D eigenvalue weighted by Crippen LogP contribution is 2.29. The van der Waals surface area contributed by atoms with Gasteiger partial charge in [0.15, 0.2) is 0 Å². The number of carbonyl (C=O) groups is 1. The lowest BCUT2D eigenvalue weighted by Crippen LogP contribution is -2.37. The Morgan fingerprint density at radius 2 is 2.44 bits per heavy atom. The van der Waals surface area contributed by atoms with Crippen molar-refractivity contribution in [3.05, 3.63) is 22.3 Å². The Morgan fingerprint density at radius 3 is 3.17 bits per heavy atom. The van der Waals surface area contributed by atoms with Gasteiger partial charge in [0.1, 0.15) is 5.82 Å². The van der Waals surface area contributed by atoms with Crippen LogP contribution in [-0.4, -0.2) is 37.3 Å². The Bertz CT molecular complexity index is 453. The van der Waals surface area contributed by atoms with Crippen molar-refractivity contribution in [1.82, 2.24) is 10.3 Å². The average Bonchev–Trinajstić information content (AvgIpc) is 2.80. The Balaban J connectivity index is 2.04. The zero-order valence-electron chi connectivity index (χ0n) is 10.4. The van der Waals surface area contributed by atoms with E-state index in [1.54, 1.807) is 6.20 Å². The molecule has 2 rings (SSSR count). The molecule has 1 fully saturated rings. The summed E-state index contributed by atoms with van der Waals surface area (Å²) in [5, 5.41) is 2.82. The van der Waals surface area contributed by atoms with E-state index < -0.39 is 0 Å². The molecule has 0 radical (unpaired) electrons. The van der Waals surface area contributed by atoms with Crippen molar-refractivity contribution in [3.8, 4) is 0 Å². The molecule has 1 aliphatic rings. The number of anilines is 1. The lowest BCUT2D eigenvalue weighted by molar-refractivity contribution is 0.167. The third-order valence-electron chi connectivity index (χ3n) is 3.06. The van der Waals surface area contributed by atoms with Crippen molar-refractivity contribution in [2.24, 2.45) is 0 Å². The van der Waals surface area contributed by atoms with Gasteiger partial charge in [0, 0.05) is 19.3 Å². The van der Waals surface area contributed by atoms with Crippen LogP contribution in [0.25, 0.3) is 0 Å². The summed E-state index contributed by atoms with van der Waals surface area (Å²) in [4.78, 5) is 17.7. The first-order valence-corrected chi connectivity index (χ1v) is 6.61. The molecule has 1 atom stereocenters. The first-order valence-electron chi connectivity index (χ1n) is 5.82. The quantitative estimate of drug-likeness (QED) is 0.908. The van der Waals surface area contributed by atoms with Crippen LogP contribution in [0.3, 0.4) is 0 Å². The maximum atomic E-state index is 11.2. The lowest BCUT2D eigenvalue weighted by Gasteiger charge is -2.19. The molecule has 0 bridgehead atoms. The minimum absolute atomic E-state index is 0.117. The maximum absolute atomic E-state index is 11.2. The summed E-state index contributed by atoms with van der Waals surface area (Å²) in [5.74, 6) is 0.934. The summed E-state index contributed by atoms with van der Waals surface area (Å²) in [6, 6.07) is 2.08.